The average Bonchev–Trinajstić information content (AvgIpc) is 2.26. The van der Waals surface area contributed by atoms with Crippen molar-refractivity contribution in [2.45, 2.75) is 45.1 Å². The first-order valence-electron chi connectivity index (χ1n) is 6.88. The Labute approximate surface area is 115 Å². The van der Waals surface area contributed by atoms with Gasteiger partial charge in [0, 0.05) is 31.6 Å². The van der Waals surface area contributed by atoms with E-state index in [4.69, 9.17) is 11.6 Å². The average molecular weight is 295 g/mol. The second-order valence-electron chi connectivity index (χ2n) is 5.50. The third kappa shape index (κ3) is 3.00. The highest BCUT2D eigenvalue weighted by molar-refractivity contribution is 7.86. The van der Waals surface area contributed by atoms with Crippen molar-refractivity contribution in [3.8, 4) is 0 Å². The van der Waals surface area contributed by atoms with Crippen LogP contribution in [0, 0.1) is 5.92 Å². The lowest BCUT2D eigenvalue weighted by Gasteiger charge is -2.40. The molecule has 1 heterocycles. The molecule has 0 amide bonds. The first kappa shape index (κ1) is 14.6. The minimum Gasteiger partial charge on any atom is -0.195 e. The van der Waals surface area contributed by atoms with E-state index in [0.717, 1.165) is 32.1 Å². The minimum absolute atomic E-state index is 0.186. The van der Waals surface area contributed by atoms with Crippen LogP contribution in [0.5, 0.6) is 0 Å². The molecule has 106 valence electrons. The molecule has 1 atom stereocenters. The molecule has 1 saturated heterocycles. The van der Waals surface area contributed by atoms with Gasteiger partial charge in [-0.2, -0.15) is 17.0 Å². The van der Waals surface area contributed by atoms with Gasteiger partial charge in [0.05, 0.1) is 0 Å². The molecule has 6 heteroatoms. The maximum Gasteiger partial charge on any atom is 0.282 e. The van der Waals surface area contributed by atoms with Crippen molar-refractivity contribution in [2.75, 3.05) is 25.5 Å². The number of piperidine rings is 1. The van der Waals surface area contributed by atoms with Crippen LogP contribution in [0.2, 0.25) is 0 Å². The predicted molar refractivity (Wildman–Crippen MR) is 74.0 cm³/mol. The van der Waals surface area contributed by atoms with Gasteiger partial charge in [-0.15, -0.1) is 11.6 Å². The molecule has 1 aliphatic carbocycles. The molecule has 0 N–H and O–H groups in total. The van der Waals surface area contributed by atoms with Crippen molar-refractivity contribution in [3.63, 3.8) is 0 Å². The second kappa shape index (κ2) is 6.07. The van der Waals surface area contributed by atoms with Crippen LogP contribution in [0.1, 0.15) is 39.0 Å². The van der Waals surface area contributed by atoms with E-state index in [2.05, 4.69) is 6.92 Å². The highest BCUT2D eigenvalue weighted by Gasteiger charge is 2.38. The van der Waals surface area contributed by atoms with E-state index in [0.29, 0.717) is 31.4 Å². The molecule has 1 aliphatic heterocycles. The summed E-state index contributed by atoms with van der Waals surface area (Å²) in [5.41, 5.74) is 0. The fourth-order valence-corrected chi connectivity index (χ4v) is 5.04. The highest BCUT2D eigenvalue weighted by Crippen LogP contribution is 2.30. The fourth-order valence-electron chi connectivity index (χ4n) is 2.75. The molecule has 2 aliphatic rings. The van der Waals surface area contributed by atoms with E-state index in [1.54, 1.807) is 8.61 Å². The van der Waals surface area contributed by atoms with Crippen molar-refractivity contribution in [1.29, 1.82) is 0 Å². The van der Waals surface area contributed by atoms with Crippen molar-refractivity contribution in [1.82, 2.24) is 8.61 Å². The second-order valence-corrected chi connectivity index (χ2v) is 7.76. The molecule has 0 aromatic heterocycles. The van der Waals surface area contributed by atoms with Crippen molar-refractivity contribution in [2.24, 2.45) is 5.92 Å². The Morgan fingerprint density at radius 3 is 2.50 bits per heavy atom. The number of nitrogens with zero attached hydrogens (tertiary/aromatic N) is 2. The molecule has 18 heavy (non-hydrogen) atoms. The van der Waals surface area contributed by atoms with E-state index in [9.17, 15) is 8.42 Å². The zero-order chi connectivity index (χ0) is 13.2. The third-order valence-electron chi connectivity index (χ3n) is 4.03. The van der Waals surface area contributed by atoms with E-state index in [1.807, 2.05) is 0 Å². The summed E-state index contributed by atoms with van der Waals surface area (Å²) < 4.78 is 28.6. The molecular weight excluding hydrogens is 272 g/mol. The van der Waals surface area contributed by atoms with Crippen LogP contribution in [0.3, 0.4) is 0 Å². The molecule has 0 aromatic rings. The highest BCUT2D eigenvalue weighted by atomic mass is 35.5. The summed E-state index contributed by atoms with van der Waals surface area (Å²) in [6.45, 7) is 3.89. The van der Waals surface area contributed by atoms with E-state index in [1.165, 1.54) is 0 Å². The quantitative estimate of drug-likeness (QED) is 0.728. The molecule has 4 nitrogen and oxygen atoms in total. The number of hydrogen-bond donors (Lipinski definition) is 0. The van der Waals surface area contributed by atoms with Crippen molar-refractivity contribution in [3.05, 3.63) is 0 Å². The van der Waals surface area contributed by atoms with E-state index in [-0.39, 0.29) is 6.04 Å². The van der Waals surface area contributed by atoms with Gasteiger partial charge in [0.25, 0.3) is 10.2 Å². The van der Waals surface area contributed by atoms with Gasteiger partial charge in [-0.3, -0.25) is 0 Å². The van der Waals surface area contributed by atoms with Crippen LogP contribution in [0.25, 0.3) is 0 Å². The molecule has 0 spiro atoms. The summed E-state index contributed by atoms with van der Waals surface area (Å²) in [4.78, 5) is 0. The number of hydrogen-bond acceptors (Lipinski definition) is 2. The Kier molecular flexibility index (Phi) is 4.92. The van der Waals surface area contributed by atoms with Gasteiger partial charge < -0.3 is 0 Å². The molecule has 1 unspecified atom stereocenters. The standard InChI is InChI=1S/C12H23ClN2O2S/c1-11-4-3-8-14(10-11)18(16,17)15(9-7-13)12-5-2-6-12/h11-12H,2-10H2,1H3. The number of rotatable bonds is 5. The van der Waals surface area contributed by atoms with Crippen LogP contribution in [-0.4, -0.2) is 48.6 Å². The third-order valence-corrected chi connectivity index (χ3v) is 6.26. The minimum atomic E-state index is -3.30. The van der Waals surface area contributed by atoms with Crippen LogP contribution in [0.15, 0.2) is 0 Å². The lowest BCUT2D eigenvalue weighted by Crippen LogP contribution is -2.53. The Morgan fingerprint density at radius 2 is 2.00 bits per heavy atom. The number of alkyl halides is 1. The summed E-state index contributed by atoms with van der Waals surface area (Å²) >= 11 is 5.77. The zero-order valence-electron chi connectivity index (χ0n) is 11.0. The van der Waals surface area contributed by atoms with Crippen molar-refractivity contribution < 1.29 is 8.42 Å². The molecule has 2 fully saturated rings. The first-order valence-corrected chi connectivity index (χ1v) is 8.81. The number of halogens is 1. The maximum atomic E-state index is 12.6. The lowest BCUT2D eigenvalue weighted by atomic mass is 9.93. The van der Waals surface area contributed by atoms with Gasteiger partial charge in [-0.25, -0.2) is 0 Å². The maximum absolute atomic E-state index is 12.6. The fraction of sp³-hybridized carbons (Fsp3) is 1.00. The Bertz CT molecular complexity index is 370. The molecule has 2 rings (SSSR count). The van der Waals surface area contributed by atoms with Gasteiger partial charge >= 0.3 is 0 Å². The van der Waals surface area contributed by atoms with Crippen molar-refractivity contribution >= 4 is 21.8 Å². The van der Waals surface area contributed by atoms with Crippen LogP contribution in [-0.2, 0) is 10.2 Å². The van der Waals surface area contributed by atoms with E-state index >= 15 is 0 Å². The van der Waals surface area contributed by atoms with Gasteiger partial charge in [0.1, 0.15) is 0 Å². The summed E-state index contributed by atoms with van der Waals surface area (Å²) in [5.74, 6) is 0.840. The summed E-state index contributed by atoms with van der Waals surface area (Å²) in [6, 6.07) is 0.186. The monoisotopic (exact) mass is 294 g/mol. The smallest absolute Gasteiger partial charge is 0.195 e. The van der Waals surface area contributed by atoms with Crippen LogP contribution < -0.4 is 0 Å². The zero-order valence-corrected chi connectivity index (χ0v) is 12.6. The molecule has 0 radical (unpaired) electrons. The first-order chi connectivity index (χ1) is 8.55. The van der Waals surface area contributed by atoms with Gasteiger partial charge in [-0.1, -0.05) is 13.3 Å². The van der Waals surface area contributed by atoms with Gasteiger partial charge in [-0.05, 0) is 31.6 Å². The summed E-state index contributed by atoms with van der Waals surface area (Å²) in [6.07, 6.45) is 5.21. The van der Waals surface area contributed by atoms with Crippen LogP contribution in [0.4, 0.5) is 0 Å². The SMILES string of the molecule is CC1CCCN(S(=O)(=O)N(CCCl)C2CCC2)C1. The normalized spacial score (nSPS) is 27.4. The predicted octanol–water partition coefficient (Wildman–Crippen LogP) is 2.06. The Morgan fingerprint density at radius 1 is 1.28 bits per heavy atom. The lowest BCUT2D eigenvalue weighted by molar-refractivity contribution is 0.197. The van der Waals surface area contributed by atoms with E-state index < -0.39 is 10.2 Å². The molecular formula is C12H23ClN2O2S. The largest absolute Gasteiger partial charge is 0.282 e. The van der Waals surface area contributed by atoms with Crippen LogP contribution >= 0.6 is 11.6 Å². The Hall–Kier alpha value is 0.160. The van der Waals surface area contributed by atoms with Gasteiger partial charge in [0.15, 0.2) is 0 Å². The summed E-state index contributed by atoms with van der Waals surface area (Å²) in [7, 11) is -3.30. The Balaban J connectivity index is 2.10. The van der Waals surface area contributed by atoms with Gasteiger partial charge in [0.2, 0.25) is 0 Å². The molecule has 1 saturated carbocycles. The molecule has 0 bridgehead atoms. The topological polar surface area (TPSA) is 40.6 Å². The summed E-state index contributed by atoms with van der Waals surface area (Å²) in [5, 5.41) is 0. The molecule has 0 aromatic carbocycles.